The van der Waals surface area contributed by atoms with E-state index in [2.05, 4.69) is 56.1 Å². The Morgan fingerprint density at radius 2 is 2.09 bits per heavy atom. The van der Waals surface area contributed by atoms with Crippen molar-refractivity contribution in [3.05, 3.63) is 34.9 Å². The molecule has 0 aliphatic carbocycles. The molecule has 1 aliphatic rings. The first-order valence-electron chi connectivity index (χ1n) is 8.61. The van der Waals surface area contributed by atoms with Crippen LogP contribution in [0.5, 0.6) is 0 Å². The molecular weight excluding hydrogens is 272 g/mol. The van der Waals surface area contributed by atoms with Crippen molar-refractivity contribution in [3.63, 3.8) is 0 Å². The van der Waals surface area contributed by atoms with E-state index < -0.39 is 0 Å². The van der Waals surface area contributed by atoms with Gasteiger partial charge in [-0.05, 0) is 63.3 Å². The molecule has 1 aromatic carbocycles. The van der Waals surface area contributed by atoms with Gasteiger partial charge in [0.1, 0.15) is 0 Å². The minimum atomic E-state index is 0.0664. The molecule has 1 aromatic rings. The molecule has 1 amide bonds. The summed E-state index contributed by atoms with van der Waals surface area (Å²) in [5.74, 6) is 0.145. The third-order valence-electron chi connectivity index (χ3n) is 4.98. The topological polar surface area (TPSA) is 32.3 Å². The molecule has 1 fully saturated rings. The molecule has 1 aliphatic heterocycles. The molecule has 2 unspecified atom stereocenters. The Labute approximate surface area is 135 Å². The largest absolute Gasteiger partial charge is 0.348 e. The monoisotopic (exact) mass is 302 g/mol. The number of piperidine rings is 1. The summed E-state index contributed by atoms with van der Waals surface area (Å²) in [6, 6.07) is 7.07. The van der Waals surface area contributed by atoms with Gasteiger partial charge in [-0.15, -0.1) is 0 Å². The van der Waals surface area contributed by atoms with Crippen LogP contribution in [0.1, 0.15) is 62.3 Å². The molecule has 1 N–H and O–H groups in total. The van der Waals surface area contributed by atoms with Gasteiger partial charge < -0.3 is 5.32 Å². The Morgan fingerprint density at radius 1 is 1.32 bits per heavy atom. The summed E-state index contributed by atoms with van der Waals surface area (Å²) in [4.78, 5) is 14.7. The number of hydrogen-bond acceptors (Lipinski definition) is 2. The van der Waals surface area contributed by atoms with Crippen LogP contribution in [0.2, 0.25) is 0 Å². The SMILES string of the molecule is CCC1CCCCN1CC(=O)NC(C)c1ccc(C)c(C)c1. The minimum absolute atomic E-state index is 0.0664. The van der Waals surface area contributed by atoms with Gasteiger partial charge in [0.05, 0.1) is 12.6 Å². The third kappa shape index (κ3) is 4.33. The molecule has 3 heteroatoms. The number of carbonyl (C=O) groups excluding carboxylic acids is 1. The fraction of sp³-hybridized carbons (Fsp3) is 0.632. The molecule has 2 atom stereocenters. The van der Waals surface area contributed by atoms with Gasteiger partial charge in [-0.25, -0.2) is 0 Å². The number of nitrogens with zero attached hydrogens (tertiary/aromatic N) is 1. The lowest BCUT2D eigenvalue weighted by molar-refractivity contribution is -0.123. The lowest BCUT2D eigenvalue weighted by atomic mass is 10.00. The number of amides is 1. The zero-order valence-electron chi connectivity index (χ0n) is 14.5. The molecule has 0 aromatic heterocycles. The number of nitrogens with one attached hydrogen (secondary N) is 1. The summed E-state index contributed by atoms with van der Waals surface area (Å²) in [5, 5.41) is 3.15. The second-order valence-electron chi connectivity index (χ2n) is 6.66. The maximum absolute atomic E-state index is 12.4. The average Bonchev–Trinajstić information content (AvgIpc) is 2.50. The van der Waals surface area contributed by atoms with Crippen LogP contribution in [0.15, 0.2) is 18.2 Å². The van der Waals surface area contributed by atoms with E-state index in [-0.39, 0.29) is 11.9 Å². The van der Waals surface area contributed by atoms with Gasteiger partial charge in [-0.2, -0.15) is 0 Å². The van der Waals surface area contributed by atoms with E-state index in [1.165, 1.54) is 36.0 Å². The van der Waals surface area contributed by atoms with E-state index in [9.17, 15) is 4.79 Å². The van der Waals surface area contributed by atoms with E-state index in [1.54, 1.807) is 0 Å². The average molecular weight is 302 g/mol. The summed E-state index contributed by atoms with van der Waals surface area (Å²) in [7, 11) is 0. The highest BCUT2D eigenvalue weighted by molar-refractivity contribution is 5.78. The van der Waals surface area contributed by atoms with E-state index in [0.29, 0.717) is 12.6 Å². The highest BCUT2D eigenvalue weighted by atomic mass is 16.2. The van der Waals surface area contributed by atoms with Crippen LogP contribution in [0.25, 0.3) is 0 Å². The number of carbonyl (C=O) groups is 1. The number of rotatable bonds is 5. The molecule has 0 saturated carbocycles. The summed E-state index contributed by atoms with van der Waals surface area (Å²) >= 11 is 0. The van der Waals surface area contributed by atoms with E-state index in [4.69, 9.17) is 0 Å². The zero-order valence-corrected chi connectivity index (χ0v) is 14.5. The van der Waals surface area contributed by atoms with Gasteiger partial charge in [0.15, 0.2) is 0 Å². The van der Waals surface area contributed by atoms with Crippen molar-refractivity contribution >= 4 is 5.91 Å². The summed E-state index contributed by atoms with van der Waals surface area (Å²) in [6.07, 6.45) is 4.89. The van der Waals surface area contributed by atoms with Gasteiger partial charge in [0.25, 0.3) is 0 Å². The molecule has 0 bridgehead atoms. The predicted molar refractivity (Wildman–Crippen MR) is 92.0 cm³/mol. The molecule has 1 saturated heterocycles. The highest BCUT2D eigenvalue weighted by Crippen LogP contribution is 2.20. The van der Waals surface area contributed by atoms with Crippen LogP contribution in [-0.4, -0.2) is 29.9 Å². The molecule has 1 heterocycles. The van der Waals surface area contributed by atoms with Crippen molar-refractivity contribution in [2.45, 2.75) is 65.5 Å². The summed E-state index contributed by atoms with van der Waals surface area (Å²) < 4.78 is 0. The predicted octanol–water partition coefficient (Wildman–Crippen LogP) is 3.75. The summed E-state index contributed by atoms with van der Waals surface area (Å²) in [5.41, 5.74) is 3.75. The number of likely N-dealkylation sites (tertiary alicyclic amines) is 1. The van der Waals surface area contributed by atoms with Crippen molar-refractivity contribution < 1.29 is 4.79 Å². The fourth-order valence-electron chi connectivity index (χ4n) is 3.32. The highest BCUT2D eigenvalue weighted by Gasteiger charge is 2.23. The minimum Gasteiger partial charge on any atom is -0.348 e. The van der Waals surface area contributed by atoms with Gasteiger partial charge in [0.2, 0.25) is 5.91 Å². The molecular formula is C19H30N2O. The zero-order chi connectivity index (χ0) is 16.1. The van der Waals surface area contributed by atoms with Gasteiger partial charge in [-0.1, -0.05) is 31.5 Å². The fourth-order valence-corrected chi connectivity index (χ4v) is 3.32. The van der Waals surface area contributed by atoms with Crippen LogP contribution < -0.4 is 5.32 Å². The standard InChI is InChI=1S/C19H30N2O/c1-5-18-8-6-7-11-21(18)13-19(22)20-16(4)17-10-9-14(2)15(3)12-17/h9-10,12,16,18H,5-8,11,13H2,1-4H3,(H,20,22). The van der Waals surface area contributed by atoms with E-state index in [0.717, 1.165) is 13.0 Å². The van der Waals surface area contributed by atoms with Crippen molar-refractivity contribution in [3.8, 4) is 0 Å². The molecule has 2 rings (SSSR count). The second kappa shape index (κ2) is 7.77. The first-order valence-corrected chi connectivity index (χ1v) is 8.61. The normalized spacial score (nSPS) is 20.6. The van der Waals surface area contributed by atoms with Crippen LogP contribution in [0.3, 0.4) is 0 Å². The van der Waals surface area contributed by atoms with Gasteiger partial charge in [-0.3, -0.25) is 9.69 Å². The Kier molecular flexibility index (Phi) is 6.01. The Morgan fingerprint density at radius 3 is 2.77 bits per heavy atom. The summed E-state index contributed by atoms with van der Waals surface area (Å²) in [6.45, 7) is 10.1. The van der Waals surface area contributed by atoms with Crippen molar-refractivity contribution in [1.29, 1.82) is 0 Å². The van der Waals surface area contributed by atoms with E-state index >= 15 is 0 Å². The molecule has 0 radical (unpaired) electrons. The molecule has 0 spiro atoms. The smallest absolute Gasteiger partial charge is 0.234 e. The van der Waals surface area contributed by atoms with Gasteiger partial charge >= 0.3 is 0 Å². The lowest BCUT2D eigenvalue weighted by Gasteiger charge is -2.34. The number of aryl methyl sites for hydroxylation is 2. The molecule has 22 heavy (non-hydrogen) atoms. The Balaban J connectivity index is 1.91. The van der Waals surface area contributed by atoms with Crippen LogP contribution in [0.4, 0.5) is 0 Å². The van der Waals surface area contributed by atoms with Crippen LogP contribution >= 0.6 is 0 Å². The maximum Gasteiger partial charge on any atom is 0.234 e. The Bertz CT molecular complexity index is 512. The lowest BCUT2D eigenvalue weighted by Crippen LogP contribution is -2.45. The van der Waals surface area contributed by atoms with Crippen LogP contribution in [-0.2, 0) is 4.79 Å². The Hall–Kier alpha value is -1.35. The van der Waals surface area contributed by atoms with Crippen molar-refractivity contribution in [2.24, 2.45) is 0 Å². The number of hydrogen-bond donors (Lipinski definition) is 1. The first kappa shape index (κ1) is 17.0. The van der Waals surface area contributed by atoms with Crippen LogP contribution in [0, 0.1) is 13.8 Å². The maximum atomic E-state index is 12.4. The third-order valence-corrected chi connectivity index (χ3v) is 4.98. The van der Waals surface area contributed by atoms with Crippen molar-refractivity contribution in [2.75, 3.05) is 13.1 Å². The first-order chi connectivity index (χ1) is 10.5. The quantitative estimate of drug-likeness (QED) is 0.898. The number of benzene rings is 1. The van der Waals surface area contributed by atoms with Crippen molar-refractivity contribution in [1.82, 2.24) is 10.2 Å². The van der Waals surface area contributed by atoms with Gasteiger partial charge in [0, 0.05) is 6.04 Å². The molecule has 122 valence electrons. The second-order valence-corrected chi connectivity index (χ2v) is 6.66. The molecule has 3 nitrogen and oxygen atoms in total. The van der Waals surface area contributed by atoms with E-state index in [1.807, 2.05) is 0 Å².